The summed E-state index contributed by atoms with van der Waals surface area (Å²) < 4.78 is 7.23. The van der Waals surface area contributed by atoms with Crippen molar-refractivity contribution < 1.29 is 9.53 Å². The average molecular weight is 463 g/mol. The maximum absolute atomic E-state index is 13.4. The monoisotopic (exact) mass is 462 g/mol. The number of para-hydroxylation sites is 1. The number of nitrogens with one attached hydrogen (secondary N) is 1. The Labute approximate surface area is 204 Å². The van der Waals surface area contributed by atoms with Gasteiger partial charge in [0.1, 0.15) is 5.75 Å². The molecule has 6 nitrogen and oxygen atoms in total. The van der Waals surface area contributed by atoms with Gasteiger partial charge in [-0.25, -0.2) is 9.50 Å². The van der Waals surface area contributed by atoms with E-state index in [1.165, 1.54) is 0 Å². The second-order valence-electron chi connectivity index (χ2n) is 8.38. The topological polar surface area (TPSA) is 68.5 Å². The average Bonchev–Trinajstić information content (AvgIpc) is 3.34. The Bertz CT molecular complexity index is 1460. The molecule has 3 aromatic carbocycles. The Morgan fingerprint density at radius 3 is 2.34 bits per heavy atom. The van der Waals surface area contributed by atoms with Crippen LogP contribution < -0.4 is 10.1 Å². The number of rotatable bonds is 7. The van der Waals surface area contributed by atoms with Crippen LogP contribution in [0.25, 0.3) is 16.8 Å². The lowest BCUT2D eigenvalue weighted by molar-refractivity contribution is 0.0935. The van der Waals surface area contributed by atoms with Gasteiger partial charge in [0, 0.05) is 11.8 Å². The van der Waals surface area contributed by atoms with Crippen molar-refractivity contribution in [3.8, 4) is 16.9 Å². The molecule has 5 aromatic rings. The highest BCUT2D eigenvalue weighted by molar-refractivity contribution is 5.96. The van der Waals surface area contributed by atoms with Crippen molar-refractivity contribution in [2.24, 2.45) is 0 Å². The number of carbonyl (C=O) groups excluding carboxylic acids is 1. The number of nitrogens with zero attached hydrogens (tertiary/aromatic N) is 3. The molecule has 0 saturated heterocycles. The molecule has 2 heterocycles. The van der Waals surface area contributed by atoms with E-state index in [1.807, 2.05) is 79.7 Å². The van der Waals surface area contributed by atoms with Gasteiger partial charge in [0.15, 0.2) is 5.65 Å². The van der Waals surface area contributed by atoms with E-state index >= 15 is 0 Å². The van der Waals surface area contributed by atoms with Crippen molar-refractivity contribution in [2.75, 3.05) is 7.11 Å². The molecule has 1 N–H and O–H groups in total. The standard InChI is InChI=1S/C29H26N4O2/c1-20-24(18-30-28-25(19-31-33(20)28)23-15-9-10-16-27(23)35-2)29(34)32-26(22-13-7-4-8-14-22)17-21-11-5-3-6-12-21/h3-16,18-19,26H,17H2,1-2H3,(H,32,34). The first-order valence-corrected chi connectivity index (χ1v) is 11.5. The van der Waals surface area contributed by atoms with Gasteiger partial charge in [-0.2, -0.15) is 5.10 Å². The van der Waals surface area contributed by atoms with E-state index in [9.17, 15) is 4.79 Å². The quantitative estimate of drug-likeness (QED) is 0.350. The van der Waals surface area contributed by atoms with E-state index in [-0.39, 0.29) is 11.9 Å². The minimum absolute atomic E-state index is 0.178. The maximum atomic E-state index is 13.4. The number of fused-ring (bicyclic) bond motifs is 1. The van der Waals surface area contributed by atoms with Gasteiger partial charge in [-0.15, -0.1) is 0 Å². The molecule has 0 aliphatic rings. The molecule has 1 atom stereocenters. The number of hydrogen-bond donors (Lipinski definition) is 1. The highest BCUT2D eigenvalue weighted by Gasteiger charge is 2.21. The molecule has 35 heavy (non-hydrogen) atoms. The lowest BCUT2D eigenvalue weighted by Gasteiger charge is -2.20. The minimum atomic E-state index is -0.184. The summed E-state index contributed by atoms with van der Waals surface area (Å²) in [6, 6.07) is 27.8. The number of amides is 1. The van der Waals surface area contributed by atoms with E-state index in [2.05, 4.69) is 27.5 Å². The highest BCUT2D eigenvalue weighted by Crippen LogP contribution is 2.32. The molecule has 0 spiro atoms. The lowest BCUT2D eigenvalue weighted by atomic mass is 9.98. The molecule has 174 valence electrons. The van der Waals surface area contributed by atoms with Crippen molar-refractivity contribution in [2.45, 2.75) is 19.4 Å². The molecule has 5 rings (SSSR count). The van der Waals surface area contributed by atoms with Crippen LogP contribution in [0.3, 0.4) is 0 Å². The largest absolute Gasteiger partial charge is 0.496 e. The van der Waals surface area contributed by atoms with Crippen LogP contribution in [0.5, 0.6) is 5.75 Å². The normalized spacial score (nSPS) is 11.8. The number of benzene rings is 3. The van der Waals surface area contributed by atoms with Gasteiger partial charge in [-0.3, -0.25) is 4.79 Å². The number of ether oxygens (including phenoxy) is 1. The summed E-state index contributed by atoms with van der Waals surface area (Å²) in [6.07, 6.45) is 4.08. The summed E-state index contributed by atoms with van der Waals surface area (Å²) in [5.41, 5.74) is 5.84. The zero-order valence-corrected chi connectivity index (χ0v) is 19.7. The van der Waals surface area contributed by atoms with Crippen molar-refractivity contribution in [1.82, 2.24) is 19.9 Å². The van der Waals surface area contributed by atoms with E-state index in [0.29, 0.717) is 17.6 Å². The van der Waals surface area contributed by atoms with Gasteiger partial charge >= 0.3 is 0 Å². The number of aromatic nitrogens is 3. The van der Waals surface area contributed by atoms with Crippen LogP contribution in [0, 0.1) is 6.92 Å². The van der Waals surface area contributed by atoms with Gasteiger partial charge in [0.25, 0.3) is 5.91 Å². The molecular weight excluding hydrogens is 436 g/mol. The van der Waals surface area contributed by atoms with Crippen molar-refractivity contribution in [3.05, 3.63) is 120 Å². The lowest BCUT2D eigenvalue weighted by Crippen LogP contribution is -2.31. The number of hydrogen-bond acceptors (Lipinski definition) is 4. The third kappa shape index (κ3) is 4.51. The molecule has 0 radical (unpaired) electrons. The third-order valence-electron chi connectivity index (χ3n) is 6.20. The summed E-state index contributed by atoms with van der Waals surface area (Å²) in [5, 5.41) is 7.76. The van der Waals surface area contributed by atoms with Gasteiger partial charge in [0.05, 0.1) is 36.2 Å². The van der Waals surface area contributed by atoms with Gasteiger partial charge in [0.2, 0.25) is 0 Å². The molecular formula is C29H26N4O2. The van der Waals surface area contributed by atoms with Crippen LogP contribution in [0.15, 0.2) is 97.3 Å². The van der Waals surface area contributed by atoms with Crippen molar-refractivity contribution in [1.29, 1.82) is 0 Å². The van der Waals surface area contributed by atoms with E-state index in [0.717, 1.165) is 33.7 Å². The molecule has 1 unspecified atom stereocenters. The molecule has 0 bridgehead atoms. The summed E-state index contributed by atoms with van der Waals surface area (Å²) in [6.45, 7) is 1.89. The predicted octanol–water partition coefficient (Wildman–Crippen LogP) is 5.43. The van der Waals surface area contributed by atoms with E-state index in [1.54, 1.807) is 24.0 Å². The highest BCUT2D eigenvalue weighted by atomic mass is 16.5. The van der Waals surface area contributed by atoms with Gasteiger partial charge in [-0.05, 0) is 30.5 Å². The number of aryl methyl sites for hydroxylation is 1. The van der Waals surface area contributed by atoms with Crippen LogP contribution in [0.1, 0.15) is 33.2 Å². The fraction of sp³-hybridized carbons (Fsp3) is 0.138. The summed E-state index contributed by atoms with van der Waals surface area (Å²) in [5.74, 6) is 0.561. The molecule has 6 heteroatoms. The van der Waals surface area contributed by atoms with E-state index in [4.69, 9.17) is 4.74 Å². The Morgan fingerprint density at radius 2 is 1.60 bits per heavy atom. The van der Waals surface area contributed by atoms with Crippen molar-refractivity contribution in [3.63, 3.8) is 0 Å². The van der Waals surface area contributed by atoms with Crippen molar-refractivity contribution >= 4 is 11.6 Å². The maximum Gasteiger partial charge on any atom is 0.255 e. The predicted molar refractivity (Wildman–Crippen MR) is 137 cm³/mol. The Morgan fingerprint density at radius 1 is 0.914 bits per heavy atom. The molecule has 0 saturated carbocycles. The van der Waals surface area contributed by atoms with Crippen LogP contribution in [0.2, 0.25) is 0 Å². The Balaban J connectivity index is 1.47. The van der Waals surface area contributed by atoms with Crippen LogP contribution >= 0.6 is 0 Å². The molecule has 0 aliphatic carbocycles. The first-order valence-electron chi connectivity index (χ1n) is 11.5. The fourth-order valence-corrected chi connectivity index (χ4v) is 4.35. The minimum Gasteiger partial charge on any atom is -0.496 e. The van der Waals surface area contributed by atoms with Crippen LogP contribution in [-0.4, -0.2) is 27.6 Å². The van der Waals surface area contributed by atoms with Gasteiger partial charge in [-0.1, -0.05) is 78.9 Å². The third-order valence-corrected chi connectivity index (χ3v) is 6.20. The summed E-state index contributed by atoms with van der Waals surface area (Å²) in [4.78, 5) is 18.1. The first-order chi connectivity index (χ1) is 17.2. The van der Waals surface area contributed by atoms with E-state index < -0.39 is 0 Å². The molecule has 2 aromatic heterocycles. The zero-order valence-electron chi connectivity index (χ0n) is 19.7. The smallest absolute Gasteiger partial charge is 0.255 e. The Hall–Kier alpha value is -4.45. The summed E-state index contributed by atoms with van der Waals surface area (Å²) >= 11 is 0. The number of methoxy groups -OCH3 is 1. The second kappa shape index (κ2) is 9.81. The van der Waals surface area contributed by atoms with Gasteiger partial charge < -0.3 is 10.1 Å². The molecule has 0 fully saturated rings. The van der Waals surface area contributed by atoms with Crippen LogP contribution in [0.4, 0.5) is 0 Å². The summed E-state index contributed by atoms with van der Waals surface area (Å²) in [7, 11) is 1.64. The SMILES string of the molecule is COc1ccccc1-c1cnn2c(C)c(C(=O)NC(Cc3ccccc3)c3ccccc3)cnc12. The fourth-order valence-electron chi connectivity index (χ4n) is 4.35. The molecule has 0 aliphatic heterocycles. The van der Waals surface area contributed by atoms with Crippen LogP contribution in [-0.2, 0) is 6.42 Å². The first kappa shape index (κ1) is 22.3. The second-order valence-corrected chi connectivity index (χ2v) is 8.38. The Kier molecular flexibility index (Phi) is 6.26. The zero-order chi connectivity index (χ0) is 24.2. The molecule has 1 amide bonds. The number of carbonyl (C=O) groups is 1.